The number of benzene rings is 1. The van der Waals surface area contributed by atoms with Crippen LogP contribution in [0.2, 0.25) is 0 Å². The number of nitrogens with two attached hydrogens (primary N) is 1. The van der Waals surface area contributed by atoms with Crippen molar-refractivity contribution in [2.24, 2.45) is 11.8 Å². The SMILES string of the molecule is CCCC(CCC)C(Cc1ccc(OC)c(Br)c1)NN. The molecule has 0 radical (unpaired) electrons. The first kappa shape index (κ1) is 17.5. The van der Waals surface area contributed by atoms with E-state index in [9.17, 15) is 0 Å². The minimum atomic E-state index is 0.329. The van der Waals surface area contributed by atoms with Crippen molar-refractivity contribution in [3.63, 3.8) is 0 Å². The van der Waals surface area contributed by atoms with Crippen LogP contribution in [0.25, 0.3) is 0 Å². The largest absolute Gasteiger partial charge is 0.496 e. The van der Waals surface area contributed by atoms with Gasteiger partial charge in [-0.15, -0.1) is 0 Å². The molecule has 1 atom stereocenters. The summed E-state index contributed by atoms with van der Waals surface area (Å²) in [6.45, 7) is 4.47. The molecule has 4 heteroatoms. The molecule has 0 fully saturated rings. The third-order valence-electron chi connectivity index (χ3n) is 3.77. The van der Waals surface area contributed by atoms with Crippen LogP contribution in [0.1, 0.15) is 45.1 Å². The predicted molar refractivity (Wildman–Crippen MR) is 88.8 cm³/mol. The van der Waals surface area contributed by atoms with Gasteiger partial charge >= 0.3 is 0 Å². The van der Waals surface area contributed by atoms with Gasteiger partial charge in [-0.2, -0.15) is 0 Å². The molecule has 1 aromatic rings. The number of rotatable bonds is 9. The van der Waals surface area contributed by atoms with E-state index in [4.69, 9.17) is 10.6 Å². The lowest BCUT2D eigenvalue weighted by Crippen LogP contribution is -2.42. The van der Waals surface area contributed by atoms with Crippen molar-refractivity contribution in [2.75, 3.05) is 7.11 Å². The fourth-order valence-corrected chi connectivity index (χ4v) is 3.33. The summed E-state index contributed by atoms with van der Waals surface area (Å²) in [5, 5.41) is 0. The lowest BCUT2D eigenvalue weighted by atomic mass is 9.87. The summed E-state index contributed by atoms with van der Waals surface area (Å²) in [4.78, 5) is 0. The van der Waals surface area contributed by atoms with Gasteiger partial charge < -0.3 is 4.74 Å². The summed E-state index contributed by atoms with van der Waals surface area (Å²) in [6, 6.07) is 6.57. The molecule has 3 nitrogen and oxygen atoms in total. The minimum Gasteiger partial charge on any atom is -0.496 e. The number of hydrogen-bond acceptors (Lipinski definition) is 3. The van der Waals surface area contributed by atoms with E-state index in [0.717, 1.165) is 16.6 Å². The monoisotopic (exact) mass is 342 g/mol. The normalized spacial score (nSPS) is 12.7. The zero-order chi connectivity index (χ0) is 15.0. The molecule has 1 unspecified atom stereocenters. The summed E-state index contributed by atoms with van der Waals surface area (Å²) < 4.78 is 6.26. The van der Waals surface area contributed by atoms with E-state index >= 15 is 0 Å². The lowest BCUT2D eigenvalue weighted by Gasteiger charge is -2.26. The Labute approximate surface area is 131 Å². The van der Waals surface area contributed by atoms with Crippen molar-refractivity contribution in [3.05, 3.63) is 28.2 Å². The molecule has 20 heavy (non-hydrogen) atoms. The number of hydrazine groups is 1. The minimum absolute atomic E-state index is 0.329. The molecule has 0 saturated heterocycles. The van der Waals surface area contributed by atoms with Gasteiger partial charge in [0.15, 0.2) is 0 Å². The van der Waals surface area contributed by atoms with Crippen molar-refractivity contribution in [2.45, 2.75) is 52.0 Å². The van der Waals surface area contributed by atoms with Gasteiger partial charge in [-0.05, 0) is 58.8 Å². The van der Waals surface area contributed by atoms with E-state index in [2.05, 4.69) is 47.3 Å². The maximum atomic E-state index is 5.79. The summed E-state index contributed by atoms with van der Waals surface area (Å²) in [5.74, 6) is 7.29. The second kappa shape index (κ2) is 9.37. The van der Waals surface area contributed by atoms with Gasteiger partial charge in [0.25, 0.3) is 0 Å². The molecule has 114 valence electrons. The molecule has 0 heterocycles. The summed E-state index contributed by atoms with van der Waals surface area (Å²) in [5.41, 5.74) is 4.30. The van der Waals surface area contributed by atoms with Gasteiger partial charge in [0.1, 0.15) is 5.75 Å². The molecule has 0 aliphatic carbocycles. The van der Waals surface area contributed by atoms with Crippen LogP contribution in [0.3, 0.4) is 0 Å². The van der Waals surface area contributed by atoms with Crippen molar-refractivity contribution in [1.82, 2.24) is 5.43 Å². The number of methoxy groups -OCH3 is 1. The number of halogens is 1. The Morgan fingerprint density at radius 1 is 1.25 bits per heavy atom. The zero-order valence-corrected chi connectivity index (χ0v) is 14.4. The van der Waals surface area contributed by atoms with Crippen LogP contribution in [-0.2, 0) is 6.42 Å². The van der Waals surface area contributed by atoms with Gasteiger partial charge in [-0.3, -0.25) is 11.3 Å². The highest BCUT2D eigenvalue weighted by molar-refractivity contribution is 9.10. The molecule has 0 amide bonds. The second-order valence-corrected chi connectivity index (χ2v) is 6.14. The molecule has 0 aliphatic rings. The first-order valence-corrected chi connectivity index (χ1v) is 8.24. The molecule has 1 aromatic carbocycles. The number of nitrogens with one attached hydrogen (secondary N) is 1. The van der Waals surface area contributed by atoms with Crippen LogP contribution in [0.5, 0.6) is 5.75 Å². The van der Waals surface area contributed by atoms with Crippen molar-refractivity contribution >= 4 is 15.9 Å². The van der Waals surface area contributed by atoms with Gasteiger partial charge in [0, 0.05) is 6.04 Å². The number of hydrogen-bond donors (Lipinski definition) is 2. The third kappa shape index (κ3) is 5.08. The molecule has 0 bridgehead atoms. The van der Waals surface area contributed by atoms with E-state index < -0.39 is 0 Å². The second-order valence-electron chi connectivity index (χ2n) is 5.28. The first-order chi connectivity index (χ1) is 9.65. The average Bonchev–Trinajstić information content (AvgIpc) is 2.45. The number of ether oxygens (including phenoxy) is 1. The van der Waals surface area contributed by atoms with Crippen molar-refractivity contribution < 1.29 is 4.74 Å². The lowest BCUT2D eigenvalue weighted by molar-refractivity contribution is 0.311. The van der Waals surface area contributed by atoms with E-state index in [0.29, 0.717) is 12.0 Å². The van der Waals surface area contributed by atoms with E-state index in [1.54, 1.807) is 7.11 Å². The van der Waals surface area contributed by atoms with Gasteiger partial charge in [0.2, 0.25) is 0 Å². The molecule has 0 aliphatic heterocycles. The summed E-state index contributed by atoms with van der Waals surface area (Å²) in [6.07, 6.45) is 5.80. The Kier molecular flexibility index (Phi) is 8.19. The summed E-state index contributed by atoms with van der Waals surface area (Å²) >= 11 is 3.54. The fourth-order valence-electron chi connectivity index (χ4n) is 2.74. The van der Waals surface area contributed by atoms with Crippen LogP contribution in [0.15, 0.2) is 22.7 Å². The van der Waals surface area contributed by atoms with Gasteiger partial charge in [-0.25, -0.2) is 0 Å². The van der Waals surface area contributed by atoms with Gasteiger partial charge in [0.05, 0.1) is 11.6 Å². The van der Waals surface area contributed by atoms with Crippen LogP contribution in [-0.4, -0.2) is 13.2 Å². The highest BCUT2D eigenvalue weighted by atomic mass is 79.9. The Hall–Kier alpha value is -0.580. The maximum absolute atomic E-state index is 5.79. The van der Waals surface area contributed by atoms with E-state index in [-0.39, 0.29) is 0 Å². The predicted octanol–water partition coefficient (Wildman–Crippen LogP) is 4.05. The van der Waals surface area contributed by atoms with Gasteiger partial charge in [-0.1, -0.05) is 32.8 Å². The zero-order valence-electron chi connectivity index (χ0n) is 12.8. The Bertz CT molecular complexity index is 392. The molecule has 0 aromatic heterocycles. The molecule has 0 saturated carbocycles. The molecular formula is C16H27BrN2O. The molecule has 1 rings (SSSR count). The van der Waals surface area contributed by atoms with E-state index in [1.807, 2.05) is 6.07 Å². The van der Waals surface area contributed by atoms with Crippen molar-refractivity contribution in [3.8, 4) is 5.75 Å². The Morgan fingerprint density at radius 3 is 2.35 bits per heavy atom. The topological polar surface area (TPSA) is 47.3 Å². The third-order valence-corrected chi connectivity index (χ3v) is 4.39. The highest BCUT2D eigenvalue weighted by Crippen LogP contribution is 2.27. The van der Waals surface area contributed by atoms with Crippen molar-refractivity contribution in [1.29, 1.82) is 0 Å². The first-order valence-electron chi connectivity index (χ1n) is 7.44. The maximum Gasteiger partial charge on any atom is 0.133 e. The molecular weight excluding hydrogens is 316 g/mol. The summed E-state index contributed by atoms with van der Waals surface area (Å²) in [7, 11) is 1.68. The fraction of sp³-hybridized carbons (Fsp3) is 0.625. The van der Waals surface area contributed by atoms with Crippen LogP contribution in [0, 0.1) is 5.92 Å². The Balaban J connectivity index is 2.78. The highest BCUT2D eigenvalue weighted by Gasteiger charge is 2.19. The quantitative estimate of drug-likeness (QED) is 0.525. The Morgan fingerprint density at radius 2 is 1.90 bits per heavy atom. The standard InChI is InChI=1S/C16H27BrN2O/c1-4-6-13(7-5-2)15(19-18)11-12-8-9-16(20-3)14(17)10-12/h8-10,13,15,19H,4-7,11,18H2,1-3H3. The molecule has 0 spiro atoms. The van der Waals surface area contributed by atoms with Crippen LogP contribution < -0.4 is 16.0 Å². The van der Waals surface area contributed by atoms with E-state index in [1.165, 1.54) is 31.2 Å². The van der Waals surface area contributed by atoms with Crippen LogP contribution in [0.4, 0.5) is 0 Å². The molecule has 3 N–H and O–H groups in total. The smallest absolute Gasteiger partial charge is 0.133 e. The average molecular weight is 343 g/mol. The van der Waals surface area contributed by atoms with Crippen LogP contribution >= 0.6 is 15.9 Å².